The Morgan fingerprint density at radius 2 is 1.61 bits per heavy atom. The number of carbonyl (C=O) groups is 3. The summed E-state index contributed by atoms with van der Waals surface area (Å²) in [5.41, 5.74) is 4.41. The van der Waals surface area contributed by atoms with E-state index in [1.54, 1.807) is 0 Å². The maximum Gasteiger partial charge on any atom is 0.407 e. The first-order chi connectivity index (χ1) is 13.5. The first-order valence-electron chi connectivity index (χ1n) is 8.73. The predicted octanol–water partition coefficient (Wildman–Crippen LogP) is 2.02. The molecule has 0 heterocycles. The number of ether oxygens (including phenoxy) is 1. The summed E-state index contributed by atoms with van der Waals surface area (Å²) in [4.78, 5) is 34.6. The van der Waals surface area contributed by atoms with Crippen LogP contribution in [0.1, 0.15) is 17.0 Å². The molecule has 0 bridgehead atoms. The molecular weight excluding hydrogens is 380 g/mol. The number of thiol groups is 1. The lowest BCUT2D eigenvalue weighted by atomic mass is 9.98. The van der Waals surface area contributed by atoms with E-state index in [9.17, 15) is 14.4 Å². The van der Waals surface area contributed by atoms with Gasteiger partial charge < -0.3 is 20.5 Å². The first kappa shape index (κ1) is 19.8. The Labute approximate surface area is 167 Å². The van der Waals surface area contributed by atoms with Gasteiger partial charge in [0.25, 0.3) is 0 Å². The molecule has 28 heavy (non-hydrogen) atoms. The Morgan fingerprint density at radius 3 is 2.14 bits per heavy atom. The van der Waals surface area contributed by atoms with Crippen LogP contribution in [0.15, 0.2) is 48.5 Å². The van der Waals surface area contributed by atoms with Crippen LogP contribution in [-0.4, -0.2) is 48.0 Å². The molecule has 3 rings (SSSR count). The molecule has 146 valence electrons. The van der Waals surface area contributed by atoms with Crippen molar-refractivity contribution >= 4 is 30.6 Å². The molecule has 2 amide bonds. The number of rotatable bonds is 7. The Balaban J connectivity index is 1.63. The number of amides is 2. The van der Waals surface area contributed by atoms with Crippen LogP contribution in [-0.2, 0) is 14.3 Å². The number of benzene rings is 2. The minimum atomic E-state index is -1.17. The zero-order valence-corrected chi connectivity index (χ0v) is 15.8. The predicted molar refractivity (Wildman–Crippen MR) is 106 cm³/mol. The molecule has 1 atom stereocenters. The number of carboxylic acids is 1. The minimum Gasteiger partial charge on any atom is -0.480 e. The van der Waals surface area contributed by atoms with Gasteiger partial charge in [0.15, 0.2) is 0 Å². The van der Waals surface area contributed by atoms with Gasteiger partial charge in [0.2, 0.25) is 5.91 Å². The lowest BCUT2D eigenvalue weighted by Gasteiger charge is -2.18. The minimum absolute atomic E-state index is 0.00957. The Kier molecular flexibility index (Phi) is 6.20. The maximum absolute atomic E-state index is 12.2. The fourth-order valence-electron chi connectivity index (χ4n) is 3.26. The highest BCUT2D eigenvalue weighted by molar-refractivity contribution is 7.80. The molecule has 1 aliphatic rings. The van der Waals surface area contributed by atoms with Crippen molar-refractivity contribution in [2.45, 2.75) is 12.0 Å². The molecule has 3 N–H and O–H groups in total. The third kappa shape index (κ3) is 4.28. The van der Waals surface area contributed by atoms with Crippen LogP contribution in [0, 0.1) is 0 Å². The van der Waals surface area contributed by atoms with Gasteiger partial charge in [-0.25, -0.2) is 4.79 Å². The highest BCUT2D eigenvalue weighted by Crippen LogP contribution is 2.44. The molecule has 0 aromatic heterocycles. The van der Waals surface area contributed by atoms with Crippen molar-refractivity contribution in [2.24, 2.45) is 0 Å². The largest absolute Gasteiger partial charge is 0.480 e. The smallest absolute Gasteiger partial charge is 0.407 e. The average Bonchev–Trinajstić information content (AvgIpc) is 3.02. The molecule has 0 saturated heterocycles. The summed E-state index contributed by atoms with van der Waals surface area (Å²) in [6, 6.07) is 14.9. The normalized spacial score (nSPS) is 13.2. The zero-order valence-electron chi connectivity index (χ0n) is 14.9. The molecule has 2 aromatic carbocycles. The second-order valence-electron chi connectivity index (χ2n) is 6.32. The number of aliphatic carboxylic acids is 1. The summed E-state index contributed by atoms with van der Waals surface area (Å²) in [6.45, 7) is -0.411. The Morgan fingerprint density at radius 1 is 1.04 bits per heavy atom. The van der Waals surface area contributed by atoms with Crippen molar-refractivity contribution in [1.82, 2.24) is 10.6 Å². The summed E-state index contributed by atoms with van der Waals surface area (Å²) in [7, 11) is 0. The summed E-state index contributed by atoms with van der Waals surface area (Å²) >= 11 is 4.03. The van der Waals surface area contributed by atoms with Crippen LogP contribution in [0.25, 0.3) is 11.1 Å². The fraction of sp³-hybridized carbons (Fsp3) is 0.250. The van der Waals surface area contributed by atoms with Gasteiger partial charge in [-0.3, -0.25) is 9.59 Å². The number of carboxylic acid groups (broad SMARTS) is 1. The lowest BCUT2D eigenvalue weighted by molar-refractivity contribution is -0.138. The van der Waals surface area contributed by atoms with Gasteiger partial charge in [-0.1, -0.05) is 48.5 Å². The van der Waals surface area contributed by atoms with Gasteiger partial charge in [-0.15, -0.1) is 0 Å². The van der Waals surface area contributed by atoms with Crippen molar-refractivity contribution in [2.75, 3.05) is 18.9 Å². The second kappa shape index (κ2) is 8.79. The molecule has 7 nitrogen and oxygen atoms in total. The Bertz CT molecular complexity index is 856. The summed E-state index contributed by atoms with van der Waals surface area (Å²) < 4.78 is 5.37. The maximum atomic E-state index is 12.2. The highest BCUT2D eigenvalue weighted by Gasteiger charge is 2.29. The van der Waals surface area contributed by atoms with Crippen LogP contribution in [0.5, 0.6) is 0 Å². The van der Waals surface area contributed by atoms with Crippen molar-refractivity contribution in [3.05, 3.63) is 59.7 Å². The Hall–Kier alpha value is -3.00. The van der Waals surface area contributed by atoms with Crippen LogP contribution >= 0.6 is 12.6 Å². The number of carbonyl (C=O) groups excluding carboxylic acids is 2. The van der Waals surface area contributed by atoms with Crippen LogP contribution in [0.4, 0.5) is 4.79 Å². The van der Waals surface area contributed by atoms with Gasteiger partial charge >= 0.3 is 12.1 Å². The van der Waals surface area contributed by atoms with Crippen molar-refractivity contribution in [1.29, 1.82) is 0 Å². The quantitative estimate of drug-likeness (QED) is 0.533. The van der Waals surface area contributed by atoms with E-state index in [-0.39, 0.29) is 18.3 Å². The number of alkyl carbamates (subject to hydrolysis) is 1. The van der Waals surface area contributed by atoms with Crippen LogP contribution < -0.4 is 10.6 Å². The molecule has 0 radical (unpaired) electrons. The lowest BCUT2D eigenvalue weighted by Crippen LogP contribution is -2.49. The van der Waals surface area contributed by atoms with Gasteiger partial charge in [0.05, 0.1) is 0 Å². The van der Waals surface area contributed by atoms with Crippen LogP contribution in [0.3, 0.4) is 0 Å². The van der Waals surface area contributed by atoms with E-state index in [1.807, 2.05) is 48.5 Å². The van der Waals surface area contributed by atoms with Gasteiger partial charge in [-0.05, 0) is 22.3 Å². The molecule has 0 spiro atoms. The van der Waals surface area contributed by atoms with Crippen molar-refractivity contribution < 1.29 is 24.2 Å². The topological polar surface area (TPSA) is 105 Å². The van der Waals surface area contributed by atoms with E-state index < -0.39 is 30.6 Å². The highest BCUT2D eigenvalue weighted by atomic mass is 32.1. The molecule has 1 aliphatic carbocycles. The molecular formula is C20H20N2O5S. The van der Waals surface area contributed by atoms with Crippen molar-refractivity contribution in [3.63, 3.8) is 0 Å². The molecule has 0 saturated carbocycles. The molecule has 0 unspecified atom stereocenters. The number of fused-ring (bicyclic) bond motifs is 3. The molecule has 2 aromatic rings. The summed E-state index contributed by atoms with van der Waals surface area (Å²) in [5, 5.41) is 13.2. The van der Waals surface area contributed by atoms with E-state index in [0.717, 1.165) is 22.3 Å². The second-order valence-corrected chi connectivity index (χ2v) is 6.68. The third-order valence-electron chi connectivity index (χ3n) is 4.55. The van der Waals surface area contributed by atoms with Gasteiger partial charge in [0.1, 0.15) is 19.2 Å². The summed E-state index contributed by atoms with van der Waals surface area (Å²) in [6.07, 6.45) is -0.758. The number of nitrogens with one attached hydrogen (secondary N) is 2. The zero-order chi connectivity index (χ0) is 20.1. The SMILES string of the molecule is O=C(O)CNC(=O)[C@H](CS)NC(=O)OCC1c2ccccc2-c2ccccc21. The number of hydrogen-bond donors (Lipinski definition) is 4. The average molecular weight is 400 g/mol. The van der Waals surface area contributed by atoms with Gasteiger partial charge in [-0.2, -0.15) is 12.6 Å². The van der Waals surface area contributed by atoms with E-state index in [2.05, 4.69) is 23.3 Å². The molecule has 8 heteroatoms. The number of hydrogen-bond acceptors (Lipinski definition) is 5. The molecule has 0 aliphatic heterocycles. The fourth-order valence-corrected chi connectivity index (χ4v) is 3.52. The van der Waals surface area contributed by atoms with E-state index in [1.165, 1.54) is 0 Å². The van der Waals surface area contributed by atoms with Crippen molar-refractivity contribution in [3.8, 4) is 11.1 Å². The van der Waals surface area contributed by atoms with Gasteiger partial charge in [0, 0.05) is 11.7 Å². The molecule has 0 fully saturated rings. The first-order valence-corrected chi connectivity index (χ1v) is 9.36. The third-order valence-corrected chi connectivity index (χ3v) is 4.91. The monoisotopic (exact) mass is 400 g/mol. The van der Waals surface area contributed by atoms with E-state index in [0.29, 0.717) is 0 Å². The van der Waals surface area contributed by atoms with Crippen LogP contribution in [0.2, 0.25) is 0 Å². The summed E-state index contributed by atoms with van der Waals surface area (Å²) in [5.74, 6) is -1.89. The van der Waals surface area contributed by atoms with E-state index >= 15 is 0 Å². The standard InChI is InChI=1S/C20H20N2O5S/c23-18(24)9-21-19(25)17(11-28)22-20(26)27-10-16-14-7-3-1-5-12(14)13-6-2-4-8-15(13)16/h1-8,16-17,28H,9-11H2,(H,21,25)(H,22,26)(H,23,24)/t17-/m0/s1. The van der Waals surface area contributed by atoms with E-state index in [4.69, 9.17) is 9.84 Å².